The third-order valence-corrected chi connectivity index (χ3v) is 4.53. The molecule has 30 heavy (non-hydrogen) atoms. The quantitative estimate of drug-likeness (QED) is 0.249. The maximum Gasteiger partial charge on any atom is 0.316 e. The Kier molecular flexibility index (Phi) is 7.81. The molecule has 0 heterocycles. The molecule has 5 heteroatoms. The number of allylic oxidation sites excluding steroid dienone is 1. The Morgan fingerprint density at radius 3 is 2.13 bits per heavy atom. The molecule has 0 bridgehead atoms. The predicted molar refractivity (Wildman–Crippen MR) is 118 cm³/mol. The van der Waals surface area contributed by atoms with E-state index in [1.165, 1.54) is 6.08 Å². The molecule has 160 valence electrons. The van der Waals surface area contributed by atoms with Crippen LogP contribution in [0.5, 0.6) is 17.2 Å². The van der Waals surface area contributed by atoms with Crippen LogP contribution in [0.25, 0.3) is 6.08 Å². The van der Waals surface area contributed by atoms with Crippen molar-refractivity contribution in [2.75, 3.05) is 14.2 Å². The molecule has 0 aliphatic heterocycles. The lowest BCUT2D eigenvalue weighted by molar-refractivity contribution is -0.142. The van der Waals surface area contributed by atoms with E-state index in [9.17, 15) is 9.59 Å². The third kappa shape index (κ3) is 5.96. The summed E-state index contributed by atoms with van der Waals surface area (Å²) in [5, 5.41) is 0. The van der Waals surface area contributed by atoms with Crippen molar-refractivity contribution in [1.82, 2.24) is 0 Å². The lowest BCUT2D eigenvalue weighted by Gasteiger charge is -2.16. The van der Waals surface area contributed by atoms with E-state index in [-0.39, 0.29) is 11.8 Å². The second kappa shape index (κ2) is 10.1. The van der Waals surface area contributed by atoms with E-state index in [0.717, 1.165) is 29.7 Å². The summed E-state index contributed by atoms with van der Waals surface area (Å²) in [7, 11) is 3.22. The zero-order valence-corrected chi connectivity index (χ0v) is 18.6. The average molecular weight is 411 g/mol. The summed E-state index contributed by atoms with van der Waals surface area (Å²) in [6, 6.07) is 10.4. The SMILES string of the molecule is CCCc1cc(/C=C/C(=O)c2ccc(OC(=O)C(C)(C)C)cc2)c(OC)cc1OC. The zero-order chi connectivity index (χ0) is 22.3. The highest BCUT2D eigenvalue weighted by atomic mass is 16.5. The van der Waals surface area contributed by atoms with Gasteiger partial charge >= 0.3 is 5.97 Å². The maximum atomic E-state index is 12.6. The summed E-state index contributed by atoms with van der Waals surface area (Å²) in [4.78, 5) is 24.6. The van der Waals surface area contributed by atoms with Gasteiger partial charge in [-0.1, -0.05) is 13.3 Å². The Morgan fingerprint density at radius 2 is 1.60 bits per heavy atom. The van der Waals surface area contributed by atoms with E-state index in [1.54, 1.807) is 65.3 Å². The highest BCUT2D eigenvalue weighted by Crippen LogP contribution is 2.31. The molecule has 0 fully saturated rings. The number of hydrogen-bond donors (Lipinski definition) is 0. The lowest BCUT2D eigenvalue weighted by Crippen LogP contribution is -2.25. The summed E-state index contributed by atoms with van der Waals surface area (Å²) >= 11 is 0. The number of rotatable bonds is 8. The van der Waals surface area contributed by atoms with E-state index in [0.29, 0.717) is 17.1 Å². The van der Waals surface area contributed by atoms with Gasteiger partial charge < -0.3 is 14.2 Å². The van der Waals surface area contributed by atoms with Crippen LogP contribution in [0.4, 0.5) is 0 Å². The number of carbonyl (C=O) groups is 2. The molecular weight excluding hydrogens is 380 g/mol. The van der Waals surface area contributed by atoms with Gasteiger partial charge in [0.1, 0.15) is 17.2 Å². The average Bonchev–Trinajstić information content (AvgIpc) is 2.72. The fourth-order valence-electron chi connectivity index (χ4n) is 2.80. The molecule has 0 radical (unpaired) electrons. The van der Waals surface area contributed by atoms with Gasteiger partial charge in [-0.2, -0.15) is 0 Å². The number of carbonyl (C=O) groups excluding carboxylic acids is 2. The Balaban J connectivity index is 2.19. The number of methoxy groups -OCH3 is 2. The van der Waals surface area contributed by atoms with E-state index in [4.69, 9.17) is 14.2 Å². The third-order valence-electron chi connectivity index (χ3n) is 4.53. The van der Waals surface area contributed by atoms with Crippen molar-refractivity contribution >= 4 is 17.8 Å². The topological polar surface area (TPSA) is 61.8 Å². The second-order valence-corrected chi connectivity index (χ2v) is 8.02. The van der Waals surface area contributed by atoms with E-state index >= 15 is 0 Å². The van der Waals surface area contributed by atoms with Crippen LogP contribution < -0.4 is 14.2 Å². The number of esters is 1. The fraction of sp³-hybridized carbons (Fsp3) is 0.360. The zero-order valence-electron chi connectivity index (χ0n) is 18.6. The van der Waals surface area contributed by atoms with Gasteiger partial charge in [0.25, 0.3) is 0 Å². The Morgan fingerprint density at radius 1 is 0.967 bits per heavy atom. The Hall–Kier alpha value is -3.08. The fourth-order valence-corrected chi connectivity index (χ4v) is 2.80. The molecule has 0 saturated carbocycles. The molecule has 2 aromatic rings. The number of aryl methyl sites for hydroxylation is 1. The van der Waals surface area contributed by atoms with Crippen LogP contribution in [0.3, 0.4) is 0 Å². The second-order valence-electron chi connectivity index (χ2n) is 8.02. The van der Waals surface area contributed by atoms with E-state index in [1.807, 2.05) is 12.1 Å². The molecule has 2 rings (SSSR count). The molecule has 0 spiro atoms. The summed E-state index contributed by atoms with van der Waals surface area (Å²) in [6.45, 7) is 7.47. The van der Waals surface area contributed by atoms with Crippen molar-refractivity contribution < 1.29 is 23.8 Å². The van der Waals surface area contributed by atoms with Crippen LogP contribution in [-0.4, -0.2) is 26.0 Å². The van der Waals surface area contributed by atoms with Crippen molar-refractivity contribution in [2.45, 2.75) is 40.5 Å². The first-order valence-corrected chi connectivity index (χ1v) is 9.99. The first-order valence-electron chi connectivity index (χ1n) is 9.99. The molecule has 0 aliphatic rings. The van der Waals surface area contributed by atoms with Gasteiger partial charge in [0.2, 0.25) is 0 Å². The number of ketones is 1. The highest BCUT2D eigenvalue weighted by molar-refractivity contribution is 6.07. The van der Waals surface area contributed by atoms with Crippen LogP contribution in [0.1, 0.15) is 55.6 Å². The first-order chi connectivity index (χ1) is 14.2. The van der Waals surface area contributed by atoms with Gasteiger partial charge in [-0.05, 0) is 75.2 Å². The molecule has 2 aromatic carbocycles. The van der Waals surface area contributed by atoms with E-state index < -0.39 is 5.41 Å². The molecule has 0 atom stereocenters. The summed E-state index contributed by atoms with van der Waals surface area (Å²) in [6.07, 6.45) is 5.11. The first kappa shape index (κ1) is 23.2. The van der Waals surface area contributed by atoms with Crippen LogP contribution in [0.2, 0.25) is 0 Å². The molecule has 0 unspecified atom stereocenters. The normalized spacial score (nSPS) is 11.4. The van der Waals surface area contributed by atoms with Crippen molar-refractivity contribution in [3.63, 3.8) is 0 Å². The Labute approximate surface area is 178 Å². The predicted octanol–water partition coefficient (Wildman–Crippen LogP) is 5.50. The summed E-state index contributed by atoms with van der Waals surface area (Å²) in [5.41, 5.74) is 1.79. The van der Waals surface area contributed by atoms with Crippen LogP contribution >= 0.6 is 0 Å². The van der Waals surface area contributed by atoms with Gasteiger partial charge in [-0.15, -0.1) is 0 Å². The standard InChI is InChI=1S/C25H30O5/c1-7-8-18-15-19(23(29-6)16-22(18)28-5)11-14-21(26)17-9-12-20(13-10-17)30-24(27)25(2,3)4/h9-16H,7-8H2,1-6H3/b14-11+. The molecule has 0 aromatic heterocycles. The highest BCUT2D eigenvalue weighted by Gasteiger charge is 2.23. The number of hydrogen-bond acceptors (Lipinski definition) is 5. The molecule has 0 N–H and O–H groups in total. The largest absolute Gasteiger partial charge is 0.496 e. The summed E-state index contributed by atoms with van der Waals surface area (Å²) in [5.74, 6) is 1.35. The van der Waals surface area contributed by atoms with Gasteiger partial charge in [0.15, 0.2) is 5.78 Å². The van der Waals surface area contributed by atoms with Crippen LogP contribution in [0.15, 0.2) is 42.5 Å². The minimum atomic E-state index is -0.592. The van der Waals surface area contributed by atoms with Crippen molar-refractivity contribution in [3.05, 3.63) is 59.2 Å². The number of ether oxygens (including phenoxy) is 3. The molecule has 0 amide bonds. The molecule has 0 aliphatic carbocycles. The van der Waals surface area contributed by atoms with Gasteiger partial charge in [0, 0.05) is 17.2 Å². The van der Waals surface area contributed by atoms with Crippen LogP contribution in [-0.2, 0) is 11.2 Å². The van der Waals surface area contributed by atoms with Crippen molar-refractivity contribution in [2.24, 2.45) is 5.41 Å². The summed E-state index contributed by atoms with van der Waals surface area (Å²) < 4.78 is 16.2. The van der Waals surface area contributed by atoms with Gasteiger partial charge in [-0.3, -0.25) is 9.59 Å². The minimum absolute atomic E-state index is 0.154. The molecular formula is C25H30O5. The van der Waals surface area contributed by atoms with Gasteiger partial charge in [0.05, 0.1) is 19.6 Å². The van der Waals surface area contributed by atoms with E-state index in [2.05, 4.69) is 6.92 Å². The lowest BCUT2D eigenvalue weighted by atomic mass is 9.97. The van der Waals surface area contributed by atoms with Gasteiger partial charge in [-0.25, -0.2) is 0 Å². The maximum absolute atomic E-state index is 12.6. The Bertz CT molecular complexity index is 918. The number of benzene rings is 2. The molecule has 0 saturated heterocycles. The van der Waals surface area contributed by atoms with Crippen molar-refractivity contribution in [3.8, 4) is 17.2 Å². The van der Waals surface area contributed by atoms with Crippen LogP contribution in [0, 0.1) is 5.41 Å². The minimum Gasteiger partial charge on any atom is -0.496 e. The molecule has 5 nitrogen and oxygen atoms in total. The monoisotopic (exact) mass is 410 g/mol. The van der Waals surface area contributed by atoms with Crippen molar-refractivity contribution in [1.29, 1.82) is 0 Å². The smallest absolute Gasteiger partial charge is 0.316 e.